The first-order valence-electron chi connectivity index (χ1n) is 8.13. The van der Waals surface area contributed by atoms with Gasteiger partial charge < -0.3 is 19.7 Å². The number of carbonyl (C=O) groups excluding carboxylic acids is 1. The predicted molar refractivity (Wildman–Crippen MR) is 88.4 cm³/mol. The molecule has 23 heavy (non-hydrogen) atoms. The van der Waals surface area contributed by atoms with Crippen molar-refractivity contribution in [1.29, 1.82) is 0 Å². The molecule has 1 aromatic heterocycles. The first-order valence-corrected chi connectivity index (χ1v) is 8.94. The second-order valence-corrected chi connectivity index (χ2v) is 7.66. The smallest absolute Gasteiger partial charge is 0.261 e. The fraction of sp³-hybridized carbons (Fsp3) is 0.471. The van der Waals surface area contributed by atoms with Crippen LogP contribution in [0.25, 0.3) is 10.1 Å². The molecule has 1 atom stereocenters. The highest BCUT2D eigenvalue weighted by Gasteiger charge is 2.35. The Hall–Kier alpha value is -1.79. The van der Waals surface area contributed by atoms with Gasteiger partial charge in [-0.15, -0.1) is 11.3 Å². The summed E-state index contributed by atoms with van der Waals surface area (Å²) in [6.07, 6.45) is 2.41. The Morgan fingerprint density at radius 2 is 1.96 bits per heavy atom. The average Bonchev–Trinajstić information content (AvgIpc) is 3.19. The molecule has 0 aliphatic carbocycles. The van der Waals surface area contributed by atoms with Crippen LogP contribution in [0.15, 0.2) is 18.2 Å². The van der Waals surface area contributed by atoms with Crippen LogP contribution in [0.5, 0.6) is 11.5 Å². The number of hydrogen-bond acceptors (Lipinski definition) is 5. The lowest BCUT2D eigenvalue weighted by atomic mass is 9.84. The first-order chi connectivity index (χ1) is 11.3. The lowest BCUT2D eigenvalue weighted by Gasteiger charge is -2.44. The van der Waals surface area contributed by atoms with Crippen LogP contribution >= 0.6 is 11.3 Å². The maximum atomic E-state index is 12.6. The second kappa shape index (κ2) is 5.11. The summed E-state index contributed by atoms with van der Waals surface area (Å²) in [6.45, 7) is 3.65. The third-order valence-electron chi connectivity index (χ3n) is 5.21. The van der Waals surface area contributed by atoms with Gasteiger partial charge >= 0.3 is 0 Å². The van der Waals surface area contributed by atoms with Gasteiger partial charge in [-0.2, -0.15) is 0 Å². The minimum Gasteiger partial charge on any atom is -0.454 e. The van der Waals surface area contributed by atoms with Gasteiger partial charge in [0.1, 0.15) is 0 Å². The zero-order valence-corrected chi connectivity index (χ0v) is 13.5. The number of rotatable bonds is 2. The van der Waals surface area contributed by atoms with E-state index in [-0.39, 0.29) is 12.7 Å². The van der Waals surface area contributed by atoms with Gasteiger partial charge in [-0.25, -0.2) is 0 Å². The van der Waals surface area contributed by atoms with E-state index < -0.39 is 0 Å². The van der Waals surface area contributed by atoms with Crippen molar-refractivity contribution >= 4 is 27.3 Å². The molecule has 0 radical (unpaired) electrons. The van der Waals surface area contributed by atoms with Gasteiger partial charge in [0.2, 0.25) is 6.79 Å². The van der Waals surface area contributed by atoms with Crippen molar-refractivity contribution in [2.75, 3.05) is 26.4 Å². The summed E-state index contributed by atoms with van der Waals surface area (Å²) in [7, 11) is 0. The van der Waals surface area contributed by atoms with Crippen LogP contribution in [0.4, 0.5) is 0 Å². The quantitative estimate of drug-likeness (QED) is 0.919. The number of nitrogens with zero attached hydrogens (tertiary/aromatic N) is 1. The first kappa shape index (κ1) is 13.6. The fourth-order valence-corrected chi connectivity index (χ4v) is 4.89. The number of amides is 1. The molecule has 1 N–H and O–H groups in total. The molecule has 120 valence electrons. The maximum Gasteiger partial charge on any atom is 0.261 e. The highest BCUT2D eigenvalue weighted by atomic mass is 32.1. The number of benzene rings is 1. The van der Waals surface area contributed by atoms with Crippen LogP contribution in [0.2, 0.25) is 0 Å². The summed E-state index contributed by atoms with van der Waals surface area (Å²) in [4.78, 5) is 15.8. The number of thiophene rings is 1. The van der Waals surface area contributed by atoms with Crippen LogP contribution in [0.1, 0.15) is 22.5 Å². The minimum atomic E-state index is 0.0481. The van der Waals surface area contributed by atoms with Crippen LogP contribution < -0.4 is 14.8 Å². The summed E-state index contributed by atoms with van der Waals surface area (Å²) in [5.41, 5.74) is 0. The van der Waals surface area contributed by atoms with E-state index in [1.165, 1.54) is 37.3 Å². The molecule has 0 saturated carbocycles. The van der Waals surface area contributed by atoms with Gasteiger partial charge in [0.15, 0.2) is 11.5 Å². The molecule has 2 bridgehead atoms. The highest BCUT2D eigenvalue weighted by Crippen LogP contribution is 2.39. The Bertz CT molecular complexity index is 738. The lowest BCUT2D eigenvalue weighted by molar-refractivity contribution is 0.0622. The normalized spacial score (nSPS) is 28.3. The SMILES string of the molecule is O=C(N[C@H]1CN2CCC1CC2)c1cc2cc3c(cc2s1)OCO3. The summed E-state index contributed by atoms with van der Waals surface area (Å²) in [6, 6.07) is 6.18. The van der Waals surface area contributed by atoms with E-state index in [1.807, 2.05) is 18.2 Å². The Kier molecular flexibility index (Phi) is 3.03. The van der Waals surface area contributed by atoms with Crippen molar-refractivity contribution in [3.63, 3.8) is 0 Å². The van der Waals surface area contributed by atoms with E-state index in [0.29, 0.717) is 12.0 Å². The van der Waals surface area contributed by atoms with Gasteiger partial charge in [-0.05, 0) is 49.4 Å². The van der Waals surface area contributed by atoms with E-state index >= 15 is 0 Å². The molecule has 5 heterocycles. The maximum absolute atomic E-state index is 12.6. The Morgan fingerprint density at radius 3 is 2.70 bits per heavy atom. The van der Waals surface area contributed by atoms with Gasteiger partial charge in [0.05, 0.1) is 4.88 Å². The average molecular weight is 330 g/mol. The van der Waals surface area contributed by atoms with Gasteiger partial charge in [0, 0.05) is 23.4 Å². The summed E-state index contributed by atoms with van der Waals surface area (Å²) < 4.78 is 11.9. The molecule has 6 rings (SSSR count). The van der Waals surface area contributed by atoms with E-state index in [9.17, 15) is 4.79 Å². The topological polar surface area (TPSA) is 50.8 Å². The van der Waals surface area contributed by atoms with Crippen molar-refractivity contribution in [3.8, 4) is 11.5 Å². The van der Waals surface area contributed by atoms with Crippen LogP contribution in [0, 0.1) is 5.92 Å². The molecule has 0 unspecified atom stereocenters. The molecule has 6 heteroatoms. The van der Waals surface area contributed by atoms with Crippen molar-refractivity contribution in [1.82, 2.24) is 10.2 Å². The number of nitrogens with one attached hydrogen (secondary N) is 1. The van der Waals surface area contributed by atoms with Crippen molar-refractivity contribution < 1.29 is 14.3 Å². The Balaban J connectivity index is 1.38. The molecule has 3 fully saturated rings. The highest BCUT2D eigenvalue weighted by molar-refractivity contribution is 7.20. The Morgan fingerprint density at radius 1 is 1.17 bits per heavy atom. The number of fused-ring (bicyclic) bond motifs is 5. The zero-order valence-electron chi connectivity index (χ0n) is 12.7. The van der Waals surface area contributed by atoms with Crippen molar-refractivity contribution in [2.45, 2.75) is 18.9 Å². The molecule has 3 saturated heterocycles. The molecule has 1 amide bonds. The molecule has 4 aliphatic rings. The van der Waals surface area contributed by atoms with E-state index in [0.717, 1.165) is 33.0 Å². The summed E-state index contributed by atoms with van der Waals surface area (Å²) >= 11 is 1.52. The number of hydrogen-bond donors (Lipinski definition) is 1. The largest absolute Gasteiger partial charge is 0.454 e. The predicted octanol–water partition coefficient (Wildman–Crippen LogP) is 2.45. The summed E-state index contributed by atoms with van der Waals surface area (Å²) in [5, 5.41) is 4.29. The molecule has 2 aromatic rings. The van der Waals surface area contributed by atoms with Crippen LogP contribution in [0.3, 0.4) is 0 Å². The number of ether oxygens (including phenoxy) is 2. The van der Waals surface area contributed by atoms with Crippen LogP contribution in [-0.2, 0) is 0 Å². The van der Waals surface area contributed by atoms with Gasteiger partial charge in [0.25, 0.3) is 5.91 Å². The zero-order chi connectivity index (χ0) is 15.4. The second-order valence-electron chi connectivity index (χ2n) is 6.57. The van der Waals surface area contributed by atoms with Gasteiger partial charge in [-0.3, -0.25) is 4.79 Å². The molecule has 1 aromatic carbocycles. The lowest BCUT2D eigenvalue weighted by Crippen LogP contribution is -2.57. The molecular weight excluding hydrogens is 312 g/mol. The van der Waals surface area contributed by atoms with E-state index in [1.54, 1.807) is 0 Å². The van der Waals surface area contributed by atoms with Crippen molar-refractivity contribution in [2.24, 2.45) is 5.92 Å². The van der Waals surface area contributed by atoms with Crippen molar-refractivity contribution in [3.05, 3.63) is 23.1 Å². The standard InChI is InChI=1S/C17H18N2O3S/c20-17(18-12-8-19-3-1-10(12)2-4-19)16-6-11-5-13-14(22-9-21-13)7-15(11)23-16/h5-7,10,12H,1-4,8-9H2,(H,18,20)/t12-/m0/s1. The molecule has 0 spiro atoms. The summed E-state index contributed by atoms with van der Waals surface area (Å²) in [5.74, 6) is 2.22. The third kappa shape index (κ3) is 2.28. The van der Waals surface area contributed by atoms with E-state index in [2.05, 4.69) is 10.2 Å². The minimum absolute atomic E-state index is 0.0481. The number of carbonyl (C=O) groups is 1. The molecule has 5 nitrogen and oxygen atoms in total. The monoisotopic (exact) mass is 330 g/mol. The third-order valence-corrected chi connectivity index (χ3v) is 6.30. The fourth-order valence-electron chi connectivity index (χ4n) is 3.91. The van der Waals surface area contributed by atoms with E-state index in [4.69, 9.17) is 9.47 Å². The van der Waals surface area contributed by atoms with Gasteiger partial charge in [-0.1, -0.05) is 0 Å². The Labute approximate surface area is 138 Å². The molecular formula is C17H18N2O3S. The molecule has 4 aliphatic heterocycles. The number of piperidine rings is 3. The van der Waals surface area contributed by atoms with Crippen LogP contribution in [-0.4, -0.2) is 43.3 Å².